The molecule has 0 radical (unpaired) electrons. The van der Waals surface area contributed by atoms with Gasteiger partial charge in [-0.05, 0) is 48.1 Å². The van der Waals surface area contributed by atoms with Gasteiger partial charge in [-0.25, -0.2) is 4.79 Å². The van der Waals surface area contributed by atoms with E-state index in [-0.39, 0.29) is 18.4 Å². The summed E-state index contributed by atoms with van der Waals surface area (Å²) in [6, 6.07) is 15.6. The molecule has 8 heteroatoms. The lowest BCUT2D eigenvalue weighted by Gasteiger charge is -2.20. The van der Waals surface area contributed by atoms with Gasteiger partial charge in [0.05, 0.1) is 19.8 Å². The molecule has 0 unspecified atom stereocenters. The Bertz CT molecular complexity index is 891. The fraction of sp³-hybridized carbons (Fsp3) is 0.462. The fourth-order valence-corrected chi connectivity index (χ4v) is 4.16. The maximum absolute atomic E-state index is 12.7. The first-order chi connectivity index (χ1) is 16.7. The minimum Gasteiger partial charge on any atom is -0.449 e. The van der Waals surface area contributed by atoms with E-state index in [1.54, 1.807) is 7.11 Å². The van der Waals surface area contributed by atoms with E-state index in [1.807, 2.05) is 24.3 Å². The Kier molecular flexibility index (Phi) is 10.3. The summed E-state index contributed by atoms with van der Waals surface area (Å²) in [7, 11) is 1.60. The summed E-state index contributed by atoms with van der Waals surface area (Å²) in [5.41, 5.74) is 10.2. The maximum atomic E-state index is 12.7. The number of ether oxygens (including phenoxy) is 3. The Balaban J connectivity index is 1.54. The molecule has 0 aromatic heterocycles. The second-order valence-electron chi connectivity index (χ2n) is 8.20. The summed E-state index contributed by atoms with van der Waals surface area (Å²) in [6.45, 7) is 2.41. The van der Waals surface area contributed by atoms with Gasteiger partial charge in [-0.2, -0.15) is 0 Å². The van der Waals surface area contributed by atoms with Gasteiger partial charge in [0.1, 0.15) is 12.6 Å². The Morgan fingerprint density at radius 2 is 1.65 bits per heavy atom. The third kappa shape index (κ3) is 7.03. The molecule has 0 spiro atoms. The van der Waals surface area contributed by atoms with Crippen molar-refractivity contribution in [2.24, 2.45) is 5.73 Å². The van der Waals surface area contributed by atoms with Gasteiger partial charge in [0.25, 0.3) is 0 Å². The number of nitrogens with one attached hydrogen (secondary N) is 2. The number of hydrogen-bond donors (Lipinski definition) is 3. The van der Waals surface area contributed by atoms with E-state index in [4.69, 9.17) is 19.9 Å². The quantitative estimate of drug-likeness (QED) is 0.367. The normalized spacial score (nSPS) is 13.1. The molecular formula is C26H35N3O5. The van der Waals surface area contributed by atoms with Crippen molar-refractivity contribution in [1.82, 2.24) is 10.6 Å². The van der Waals surface area contributed by atoms with E-state index in [2.05, 4.69) is 34.9 Å². The number of amides is 2. The lowest BCUT2D eigenvalue weighted by atomic mass is 9.98. The average Bonchev–Trinajstić information content (AvgIpc) is 3.18. The number of benzene rings is 2. The first-order valence-electron chi connectivity index (χ1n) is 11.8. The molecule has 2 aromatic carbocycles. The van der Waals surface area contributed by atoms with E-state index in [0.29, 0.717) is 39.3 Å². The number of unbranched alkanes of at least 4 members (excludes halogenated alkanes) is 1. The Labute approximate surface area is 201 Å². The molecule has 0 aliphatic heterocycles. The van der Waals surface area contributed by atoms with Crippen LogP contribution in [-0.2, 0) is 19.0 Å². The molecule has 0 saturated heterocycles. The zero-order valence-corrected chi connectivity index (χ0v) is 19.8. The zero-order valence-electron chi connectivity index (χ0n) is 19.8. The monoisotopic (exact) mass is 469 g/mol. The largest absolute Gasteiger partial charge is 0.449 e. The third-order valence-electron chi connectivity index (χ3n) is 5.88. The van der Waals surface area contributed by atoms with Gasteiger partial charge in [0.2, 0.25) is 5.91 Å². The summed E-state index contributed by atoms with van der Waals surface area (Å²) in [5.74, 6) is -0.298. The molecule has 1 atom stereocenters. The van der Waals surface area contributed by atoms with Crippen molar-refractivity contribution in [3.05, 3.63) is 59.7 Å². The van der Waals surface area contributed by atoms with Crippen molar-refractivity contribution in [1.29, 1.82) is 0 Å². The van der Waals surface area contributed by atoms with Crippen LogP contribution in [-0.4, -0.2) is 64.7 Å². The summed E-state index contributed by atoms with van der Waals surface area (Å²) >= 11 is 0. The van der Waals surface area contributed by atoms with Crippen LogP contribution in [0.25, 0.3) is 11.1 Å². The summed E-state index contributed by atoms with van der Waals surface area (Å²) in [6.07, 6.45) is 1.38. The highest BCUT2D eigenvalue weighted by atomic mass is 16.5. The molecule has 1 aliphatic rings. The molecule has 2 aromatic rings. The SMILES string of the molecule is COCCOCCNC(=O)[C@@H](CCCCN)NC(=O)OCC1c2ccccc2-c2ccccc21. The molecule has 0 bridgehead atoms. The number of hydrogen-bond acceptors (Lipinski definition) is 6. The van der Waals surface area contributed by atoms with E-state index in [9.17, 15) is 9.59 Å². The predicted molar refractivity (Wildman–Crippen MR) is 131 cm³/mol. The van der Waals surface area contributed by atoms with Crippen molar-refractivity contribution in [2.75, 3.05) is 46.6 Å². The molecule has 34 heavy (non-hydrogen) atoms. The number of fused-ring (bicyclic) bond motifs is 3. The van der Waals surface area contributed by atoms with E-state index in [0.717, 1.165) is 24.0 Å². The number of alkyl carbamates (subject to hydrolysis) is 1. The van der Waals surface area contributed by atoms with E-state index < -0.39 is 12.1 Å². The van der Waals surface area contributed by atoms with Crippen LogP contribution >= 0.6 is 0 Å². The van der Waals surface area contributed by atoms with Gasteiger partial charge in [-0.3, -0.25) is 4.79 Å². The van der Waals surface area contributed by atoms with Gasteiger partial charge >= 0.3 is 6.09 Å². The van der Waals surface area contributed by atoms with Crippen LogP contribution in [0, 0.1) is 0 Å². The second-order valence-corrected chi connectivity index (χ2v) is 8.20. The third-order valence-corrected chi connectivity index (χ3v) is 5.88. The molecule has 184 valence electrons. The highest BCUT2D eigenvalue weighted by Gasteiger charge is 2.29. The summed E-state index contributed by atoms with van der Waals surface area (Å²) in [5, 5.41) is 5.54. The van der Waals surface area contributed by atoms with Crippen molar-refractivity contribution in [3.63, 3.8) is 0 Å². The molecule has 2 amide bonds. The number of nitrogens with two attached hydrogens (primary N) is 1. The van der Waals surface area contributed by atoms with Crippen molar-refractivity contribution >= 4 is 12.0 Å². The highest BCUT2D eigenvalue weighted by molar-refractivity contribution is 5.85. The first-order valence-corrected chi connectivity index (χ1v) is 11.8. The minimum absolute atomic E-state index is 0.0353. The summed E-state index contributed by atoms with van der Waals surface area (Å²) < 4.78 is 15.9. The highest BCUT2D eigenvalue weighted by Crippen LogP contribution is 2.44. The van der Waals surface area contributed by atoms with Crippen molar-refractivity contribution in [2.45, 2.75) is 31.2 Å². The Morgan fingerprint density at radius 3 is 2.29 bits per heavy atom. The topological polar surface area (TPSA) is 112 Å². The van der Waals surface area contributed by atoms with Crippen molar-refractivity contribution in [3.8, 4) is 11.1 Å². The van der Waals surface area contributed by atoms with Crippen LogP contribution in [0.5, 0.6) is 0 Å². The van der Waals surface area contributed by atoms with Crippen molar-refractivity contribution < 1.29 is 23.8 Å². The Hall–Kier alpha value is -2.94. The molecule has 0 heterocycles. The van der Waals surface area contributed by atoms with Gasteiger partial charge in [0, 0.05) is 19.6 Å². The van der Waals surface area contributed by atoms with Crippen LogP contribution in [0.2, 0.25) is 0 Å². The standard InChI is InChI=1S/C26H35N3O5/c1-32-16-17-33-15-14-28-25(30)24(12-6-7-13-27)29-26(31)34-18-23-21-10-4-2-8-19(21)20-9-3-5-11-22(20)23/h2-5,8-11,23-24H,6-7,12-18,27H2,1H3,(H,28,30)(H,29,31)/t24-/m1/s1. The number of carbonyl (C=O) groups excluding carboxylic acids is 2. The predicted octanol–water partition coefficient (Wildman–Crippen LogP) is 2.80. The lowest BCUT2D eigenvalue weighted by molar-refractivity contribution is -0.123. The summed E-state index contributed by atoms with van der Waals surface area (Å²) in [4.78, 5) is 25.3. The van der Waals surface area contributed by atoms with Crippen LogP contribution < -0.4 is 16.4 Å². The number of methoxy groups -OCH3 is 1. The van der Waals surface area contributed by atoms with Gasteiger partial charge in [-0.15, -0.1) is 0 Å². The molecule has 8 nitrogen and oxygen atoms in total. The molecule has 0 fully saturated rings. The molecule has 3 rings (SSSR count). The van der Waals surface area contributed by atoms with Gasteiger partial charge in [0.15, 0.2) is 0 Å². The van der Waals surface area contributed by atoms with Gasteiger partial charge in [-0.1, -0.05) is 48.5 Å². The van der Waals surface area contributed by atoms with Crippen LogP contribution in [0.3, 0.4) is 0 Å². The fourth-order valence-electron chi connectivity index (χ4n) is 4.16. The smallest absolute Gasteiger partial charge is 0.407 e. The first kappa shape index (κ1) is 25.7. The maximum Gasteiger partial charge on any atom is 0.407 e. The van der Waals surface area contributed by atoms with Gasteiger partial charge < -0.3 is 30.6 Å². The molecular weight excluding hydrogens is 434 g/mol. The van der Waals surface area contributed by atoms with E-state index >= 15 is 0 Å². The Morgan fingerprint density at radius 1 is 0.971 bits per heavy atom. The lowest BCUT2D eigenvalue weighted by Crippen LogP contribution is -2.47. The molecule has 1 aliphatic carbocycles. The zero-order chi connectivity index (χ0) is 24.2. The van der Waals surface area contributed by atoms with Crippen LogP contribution in [0.4, 0.5) is 4.79 Å². The van der Waals surface area contributed by atoms with Crippen LogP contribution in [0.15, 0.2) is 48.5 Å². The number of carbonyl (C=O) groups is 2. The van der Waals surface area contributed by atoms with Crippen LogP contribution in [0.1, 0.15) is 36.3 Å². The second kappa shape index (κ2) is 13.7. The average molecular weight is 470 g/mol. The van der Waals surface area contributed by atoms with E-state index in [1.165, 1.54) is 11.1 Å². The number of rotatable bonds is 14. The minimum atomic E-state index is -0.693. The molecule has 4 N–H and O–H groups in total. The molecule has 0 saturated carbocycles.